The molecular formula is C15H21N3O2S2. The highest BCUT2D eigenvalue weighted by Gasteiger charge is 2.18. The van der Waals surface area contributed by atoms with Crippen molar-refractivity contribution in [3.05, 3.63) is 23.7 Å². The smallest absolute Gasteiger partial charge is 0.242 e. The van der Waals surface area contributed by atoms with Crippen molar-refractivity contribution < 1.29 is 8.42 Å². The molecule has 2 N–H and O–H groups in total. The molecule has 0 unspecified atom stereocenters. The highest BCUT2D eigenvalue weighted by Crippen LogP contribution is 2.25. The van der Waals surface area contributed by atoms with E-state index in [1.54, 1.807) is 17.6 Å². The van der Waals surface area contributed by atoms with Crippen LogP contribution in [0.4, 0.5) is 0 Å². The van der Waals surface area contributed by atoms with Gasteiger partial charge in [0.15, 0.2) is 0 Å². The van der Waals surface area contributed by atoms with E-state index in [2.05, 4.69) is 15.0 Å². The lowest BCUT2D eigenvalue weighted by molar-refractivity contribution is 0.375. The summed E-state index contributed by atoms with van der Waals surface area (Å²) >= 11 is 1.36. The molecule has 1 saturated carbocycles. The van der Waals surface area contributed by atoms with E-state index < -0.39 is 10.0 Å². The topological polar surface area (TPSA) is 71.1 Å². The standard InChI is InChI=1S/C15H21N3O2S2/c19-22(20,14-8-4-7-13-15(14)21-11-17-13)18-10-9-16-12-5-2-1-3-6-12/h4,7-8,11-12,16,18H,1-3,5-6,9-10H2. The third-order valence-corrected chi connectivity index (χ3v) is 6.57. The molecule has 0 atom stereocenters. The maximum atomic E-state index is 12.4. The lowest BCUT2D eigenvalue weighted by Crippen LogP contribution is -2.37. The largest absolute Gasteiger partial charge is 0.313 e. The first-order chi connectivity index (χ1) is 10.7. The van der Waals surface area contributed by atoms with Crippen LogP contribution >= 0.6 is 11.3 Å². The van der Waals surface area contributed by atoms with Crippen molar-refractivity contribution in [3.8, 4) is 0 Å². The minimum absolute atomic E-state index is 0.324. The predicted octanol–water partition coefficient (Wildman–Crippen LogP) is 2.50. The number of nitrogens with zero attached hydrogens (tertiary/aromatic N) is 1. The quantitative estimate of drug-likeness (QED) is 0.793. The molecule has 0 spiro atoms. The van der Waals surface area contributed by atoms with Gasteiger partial charge in [-0.1, -0.05) is 25.3 Å². The van der Waals surface area contributed by atoms with Gasteiger partial charge in [0.05, 0.1) is 15.7 Å². The second-order valence-electron chi connectivity index (χ2n) is 5.64. The van der Waals surface area contributed by atoms with Gasteiger partial charge in [0.2, 0.25) is 10.0 Å². The van der Waals surface area contributed by atoms with Gasteiger partial charge >= 0.3 is 0 Å². The number of aromatic nitrogens is 1. The first-order valence-corrected chi connectivity index (χ1v) is 10.1. The van der Waals surface area contributed by atoms with E-state index in [-0.39, 0.29) is 0 Å². The number of thiazole rings is 1. The van der Waals surface area contributed by atoms with E-state index in [0.717, 1.165) is 10.2 Å². The van der Waals surface area contributed by atoms with Crippen LogP contribution in [-0.2, 0) is 10.0 Å². The summed E-state index contributed by atoms with van der Waals surface area (Å²) in [6.45, 7) is 1.08. The average molecular weight is 339 g/mol. The second-order valence-corrected chi connectivity index (χ2v) is 8.23. The lowest BCUT2D eigenvalue weighted by Gasteiger charge is -2.22. The van der Waals surface area contributed by atoms with Crippen molar-refractivity contribution in [2.24, 2.45) is 0 Å². The molecule has 3 rings (SSSR count). The Morgan fingerprint density at radius 3 is 2.82 bits per heavy atom. The van der Waals surface area contributed by atoms with E-state index in [4.69, 9.17) is 0 Å². The predicted molar refractivity (Wildman–Crippen MR) is 89.7 cm³/mol. The first kappa shape index (κ1) is 15.9. The monoisotopic (exact) mass is 339 g/mol. The molecule has 120 valence electrons. The zero-order valence-corrected chi connectivity index (χ0v) is 14.0. The fraction of sp³-hybridized carbons (Fsp3) is 0.533. The van der Waals surface area contributed by atoms with E-state index in [1.165, 1.54) is 43.4 Å². The Kier molecular flexibility index (Phi) is 5.07. The molecule has 0 amide bonds. The van der Waals surface area contributed by atoms with Crippen LogP contribution in [0, 0.1) is 0 Å². The molecule has 0 radical (unpaired) electrons. The van der Waals surface area contributed by atoms with Crippen molar-refractivity contribution in [1.29, 1.82) is 0 Å². The number of nitrogens with one attached hydrogen (secondary N) is 2. The Hall–Kier alpha value is -1.02. The van der Waals surface area contributed by atoms with Crippen molar-refractivity contribution >= 4 is 31.6 Å². The Morgan fingerprint density at radius 1 is 1.18 bits per heavy atom. The van der Waals surface area contributed by atoms with Gasteiger partial charge in [-0.25, -0.2) is 18.1 Å². The Bertz CT molecular complexity index is 721. The molecule has 1 aliphatic rings. The zero-order valence-electron chi connectivity index (χ0n) is 12.4. The molecule has 1 fully saturated rings. The van der Waals surface area contributed by atoms with Crippen molar-refractivity contribution in [3.63, 3.8) is 0 Å². The fourth-order valence-electron chi connectivity index (χ4n) is 2.92. The van der Waals surface area contributed by atoms with Gasteiger partial charge in [0.25, 0.3) is 0 Å². The summed E-state index contributed by atoms with van der Waals surface area (Å²) in [4.78, 5) is 4.49. The Morgan fingerprint density at radius 2 is 2.00 bits per heavy atom. The fourth-order valence-corrected chi connectivity index (χ4v) is 5.22. The van der Waals surface area contributed by atoms with Crippen LogP contribution in [0.25, 0.3) is 10.2 Å². The zero-order chi connectivity index (χ0) is 15.4. The van der Waals surface area contributed by atoms with Crippen LogP contribution in [0.3, 0.4) is 0 Å². The van der Waals surface area contributed by atoms with Crippen molar-refractivity contribution in [2.45, 2.75) is 43.0 Å². The van der Waals surface area contributed by atoms with Gasteiger partial charge in [-0.2, -0.15) is 0 Å². The third kappa shape index (κ3) is 3.65. The summed E-state index contributed by atoms with van der Waals surface area (Å²) < 4.78 is 28.3. The van der Waals surface area contributed by atoms with Gasteiger partial charge in [0.1, 0.15) is 4.90 Å². The summed E-state index contributed by atoms with van der Waals surface area (Å²) in [7, 11) is -3.48. The van der Waals surface area contributed by atoms with Gasteiger partial charge in [-0.05, 0) is 25.0 Å². The molecular weight excluding hydrogens is 318 g/mol. The van der Waals surface area contributed by atoms with E-state index in [1.807, 2.05) is 6.07 Å². The minimum atomic E-state index is -3.48. The van der Waals surface area contributed by atoms with Crippen LogP contribution in [0.5, 0.6) is 0 Å². The van der Waals surface area contributed by atoms with Crippen LogP contribution < -0.4 is 10.0 Å². The molecule has 1 aliphatic carbocycles. The number of fused-ring (bicyclic) bond motifs is 1. The molecule has 1 aromatic carbocycles. The maximum absolute atomic E-state index is 12.4. The molecule has 22 heavy (non-hydrogen) atoms. The number of sulfonamides is 1. The van der Waals surface area contributed by atoms with Crippen LogP contribution in [-0.4, -0.2) is 32.5 Å². The van der Waals surface area contributed by atoms with Gasteiger partial charge in [-0.15, -0.1) is 11.3 Å². The molecule has 0 saturated heterocycles. The Labute approximate surface area is 135 Å². The highest BCUT2D eigenvalue weighted by molar-refractivity contribution is 7.90. The summed E-state index contributed by atoms with van der Waals surface area (Å²) in [5.41, 5.74) is 2.40. The molecule has 1 aromatic heterocycles. The summed E-state index contributed by atoms with van der Waals surface area (Å²) in [5.74, 6) is 0. The third-order valence-electron chi connectivity index (χ3n) is 4.07. The molecule has 7 heteroatoms. The van der Waals surface area contributed by atoms with E-state index in [9.17, 15) is 8.42 Å². The van der Waals surface area contributed by atoms with Crippen LogP contribution in [0.15, 0.2) is 28.6 Å². The number of rotatable bonds is 6. The van der Waals surface area contributed by atoms with Gasteiger partial charge in [-0.3, -0.25) is 0 Å². The van der Waals surface area contributed by atoms with E-state index >= 15 is 0 Å². The van der Waals surface area contributed by atoms with Gasteiger partial charge in [0, 0.05) is 19.1 Å². The summed E-state index contributed by atoms with van der Waals surface area (Å²) in [6, 6.07) is 5.74. The molecule has 2 aromatic rings. The minimum Gasteiger partial charge on any atom is -0.313 e. The second kappa shape index (κ2) is 7.04. The molecule has 1 heterocycles. The number of hydrogen-bond donors (Lipinski definition) is 2. The number of hydrogen-bond acceptors (Lipinski definition) is 5. The van der Waals surface area contributed by atoms with Crippen molar-refractivity contribution in [2.75, 3.05) is 13.1 Å². The lowest BCUT2D eigenvalue weighted by atomic mass is 9.96. The number of benzene rings is 1. The van der Waals surface area contributed by atoms with Gasteiger partial charge < -0.3 is 5.32 Å². The molecule has 5 nitrogen and oxygen atoms in total. The summed E-state index contributed by atoms with van der Waals surface area (Å²) in [6.07, 6.45) is 6.27. The van der Waals surface area contributed by atoms with Crippen molar-refractivity contribution in [1.82, 2.24) is 15.0 Å². The maximum Gasteiger partial charge on any atom is 0.242 e. The van der Waals surface area contributed by atoms with Crippen LogP contribution in [0.1, 0.15) is 32.1 Å². The molecule has 0 aliphatic heterocycles. The highest BCUT2D eigenvalue weighted by atomic mass is 32.2. The van der Waals surface area contributed by atoms with E-state index in [0.29, 0.717) is 24.0 Å². The Balaban J connectivity index is 1.58. The summed E-state index contributed by atoms with van der Waals surface area (Å²) in [5, 5.41) is 3.44. The SMILES string of the molecule is O=S(=O)(NCCNC1CCCCC1)c1cccc2ncsc12. The molecule has 0 bridgehead atoms. The average Bonchev–Trinajstić information content (AvgIpc) is 3.01. The normalized spacial score (nSPS) is 17.1. The van der Waals surface area contributed by atoms with Crippen LogP contribution in [0.2, 0.25) is 0 Å². The first-order valence-electron chi connectivity index (χ1n) is 7.72.